The van der Waals surface area contributed by atoms with Crippen LogP contribution in [0.4, 0.5) is 0 Å². The molecule has 132 valence electrons. The smallest absolute Gasteiger partial charge is 0.225 e. The van der Waals surface area contributed by atoms with Crippen molar-refractivity contribution >= 4 is 11.8 Å². The van der Waals surface area contributed by atoms with Crippen molar-refractivity contribution in [2.45, 2.75) is 71.6 Å². The third-order valence-corrected chi connectivity index (χ3v) is 5.50. The van der Waals surface area contributed by atoms with Crippen LogP contribution in [-0.2, 0) is 9.59 Å². The second kappa shape index (κ2) is 9.29. The highest BCUT2D eigenvalue weighted by molar-refractivity contribution is 5.81. The van der Waals surface area contributed by atoms with Gasteiger partial charge in [-0.2, -0.15) is 0 Å². The lowest BCUT2D eigenvalue weighted by molar-refractivity contribution is -0.140. The van der Waals surface area contributed by atoms with Gasteiger partial charge in [0.25, 0.3) is 0 Å². The zero-order chi connectivity index (χ0) is 16.7. The highest BCUT2D eigenvalue weighted by Crippen LogP contribution is 2.31. The second-order valence-electron chi connectivity index (χ2n) is 7.58. The zero-order valence-corrected chi connectivity index (χ0v) is 15.0. The third-order valence-electron chi connectivity index (χ3n) is 5.50. The van der Waals surface area contributed by atoms with Gasteiger partial charge >= 0.3 is 0 Å². The van der Waals surface area contributed by atoms with Crippen LogP contribution >= 0.6 is 0 Å². The lowest BCUT2D eigenvalue weighted by Crippen LogP contribution is -2.44. The van der Waals surface area contributed by atoms with Crippen LogP contribution in [0.1, 0.15) is 71.6 Å². The van der Waals surface area contributed by atoms with Gasteiger partial charge < -0.3 is 10.2 Å². The number of amides is 2. The highest BCUT2D eigenvalue weighted by atomic mass is 16.2. The highest BCUT2D eigenvalue weighted by Gasteiger charge is 2.33. The van der Waals surface area contributed by atoms with Gasteiger partial charge in [0.05, 0.1) is 0 Å². The Kier molecular flexibility index (Phi) is 7.38. The van der Waals surface area contributed by atoms with Crippen LogP contribution in [-0.4, -0.2) is 36.3 Å². The van der Waals surface area contributed by atoms with E-state index in [-0.39, 0.29) is 17.7 Å². The molecule has 0 radical (unpaired) electrons. The molecule has 0 aromatic rings. The Labute approximate surface area is 141 Å². The summed E-state index contributed by atoms with van der Waals surface area (Å²) >= 11 is 0. The van der Waals surface area contributed by atoms with Gasteiger partial charge in [-0.15, -0.1) is 0 Å². The summed E-state index contributed by atoms with van der Waals surface area (Å²) < 4.78 is 0. The summed E-state index contributed by atoms with van der Waals surface area (Å²) in [6, 6.07) is 0. The molecule has 1 saturated carbocycles. The van der Waals surface area contributed by atoms with Gasteiger partial charge in [0, 0.05) is 31.5 Å². The van der Waals surface area contributed by atoms with Gasteiger partial charge in [0.2, 0.25) is 11.8 Å². The largest absolute Gasteiger partial charge is 0.356 e. The monoisotopic (exact) mass is 322 g/mol. The summed E-state index contributed by atoms with van der Waals surface area (Å²) in [6.07, 6.45) is 9.33. The Bertz CT molecular complexity index is 389. The van der Waals surface area contributed by atoms with Crippen LogP contribution in [0.2, 0.25) is 0 Å². The van der Waals surface area contributed by atoms with Gasteiger partial charge in [-0.25, -0.2) is 0 Å². The first-order valence-corrected chi connectivity index (χ1v) is 9.68. The van der Waals surface area contributed by atoms with Gasteiger partial charge in [-0.05, 0) is 50.9 Å². The minimum atomic E-state index is 0.126. The Balaban J connectivity index is 1.70. The first-order chi connectivity index (χ1) is 11.1. The molecule has 2 rings (SSSR count). The molecule has 1 saturated heterocycles. The van der Waals surface area contributed by atoms with E-state index in [9.17, 15) is 9.59 Å². The summed E-state index contributed by atoms with van der Waals surface area (Å²) in [6.45, 7) is 7.07. The van der Waals surface area contributed by atoms with E-state index in [0.29, 0.717) is 11.8 Å². The van der Waals surface area contributed by atoms with Crippen molar-refractivity contribution < 1.29 is 9.59 Å². The van der Waals surface area contributed by atoms with Crippen LogP contribution in [0.15, 0.2) is 0 Å². The molecule has 1 N–H and O–H groups in total. The molecule has 4 heteroatoms. The molecule has 1 unspecified atom stereocenters. The maximum Gasteiger partial charge on any atom is 0.225 e. The summed E-state index contributed by atoms with van der Waals surface area (Å²) in [4.78, 5) is 26.9. The number of likely N-dealkylation sites (tertiary alicyclic amines) is 1. The summed E-state index contributed by atoms with van der Waals surface area (Å²) in [7, 11) is 0. The summed E-state index contributed by atoms with van der Waals surface area (Å²) in [5, 5.41) is 3.07. The van der Waals surface area contributed by atoms with Crippen molar-refractivity contribution in [3.05, 3.63) is 0 Å². The molecule has 0 aromatic heterocycles. The van der Waals surface area contributed by atoms with E-state index >= 15 is 0 Å². The first-order valence-electron chi connectivity index (χ1n) is 9.68. The predicted octanol–water partition coefficient (Wildman–Crippen LogP) is 3.36. The molecule has 1 aliphatic heterocycles. The average molecular weight is 322 g/mol. The van der Waals surface area contributed by atoms with E-state index in [0.717, 1.165) is 58.2 Å². The van der Waals surface area contributed by atoms with E-state index in [2.05, 4.69) is 24.1 Å². The molecule has 4 nitrogen and oxygen atoms in total. The number of nitrogens with zero attached hydrogens (tertiary/aromatic N) is 1. The molecule has 23 heavy (non-hydrogen) atoms. The normalized spacial score (nSPS) is 28.4. The van der Waals surface area contributed by atoms with E-state index in [1.54, 1.807) is 0 Å². The molecule has 2 fully saturated rings. The van der Waals surface area contributed by atoms with Gasteiger partial charge in [0.1, 0.15) is 0 Å². The summed E-state index contributed by atoms with van der Waals surface area (Å²) in [5.41, 5.74) is 0. The molecule has 1 aliphatic carbocycles. The van der Waals surface area contributed by atoms with Crippen molar-refractivity contribution in [1.82, 2.24) is 10.2 Å². The number of unbranched alkanes of at least 4 members (excludes halogenated alkanes) is 2. The molecule has 0 spiro atoms. The van der Waals surface area contributed by atoms with Crippen molar-refractivity contribution in [3.8, 4) is 0 Å². The molecule has 0 bridgehead atoms. The Hall–Kier alpha value is -1.06. The van der Waals surface area contributed by atoms with Crippen LogP contribution in [0.5, 0.6) is 0 Å². The Morgan fingerprint density at radius 3 is 2.39 bits per heavy atom. The number of carbonyl (C=O) groups is 2. The SMILES string of the molecule is CCCCCNC(=O)C1CCC(C(=O)N2CCCC(C)C2)CC1. The maximum atomic E-state index is 12.6. The lowest BCUT2D eigenvalue weighted by atomic mass is 9.80. The van der Waals surface area contributed by atoms with Crippen molar-refractivity contribution in [2.75, 3.05) is 19.6 Å². The molecular weight excluding hydrogens is 288 g/mol. The summed E-state index contributed by atoms with van der Waals surface area (Å²) in [5.74, 6) is 1.47. The minimum absolute atomic E-state index is 0.126. The minimum Gasteiger partial charge on any atom is -0.356 e. The van der Waals surface area contributed by atoms with Crippen LogP contribution in [0.3, 0.4) is 0 Å². The fraction of sp³-hybridized carbons (Fsp3) is 0.895. The first kappa shape index (κ1) is 18.3. The Morgan fingerprint density at radius 1 is 1.04 bits per heavy atom. The van der Waals surface area contributed by atoms with E-state index in [1.807, 2.05) is 0 Å². The lowest BCUT2D eigenvalue weighted by Gasteiger charge is -2.35. The third kappa shape index (κ3) is 5.50. The number of rotatable bonds is 6. The van der Waals surface area contributed by atoms with Gasteiger partial charge in [0.15, 0.2) is 0 Å². The zero-order valence-electron chi connectivity index (χ0n) is 15.0. The van der Waals surface area contributed by atoms with E-state index in [1.165, 1.54) is 19.3 Å². The number of piperidine rings is 1. The van der Waals surface area contributed by atoms with E-state index < -0.39 is 0 Å². The van der Waals surface area contributed by atoms with Crippen molar-refractivity contribution in [1.29, 1.82) is 0 Å². The molecule has 2 amide bonds. The quantitative estimate of drug-likeness (QED) is 0.762. The molecular formula is C19H34N2O2. The van der Waals surface area contributed by atoms with Gasteiger partial charge in [-0.3, -0.25) is 9.59 Å². The number of carbonyl (C=O) groups excluding carboxylic acids is 2. The number of nitrogens with one attached hydrogen (secondary N) is 1. The molecule has 0 aromatic carbocycles. The molecule has 2 aliphatic rings. The van der Waals surface area contributed by atoms with Crippen LogP contribution in [0, 0.1) is 17.8 Å². The predicted molar refractivity (Wildman–Crippen MR) is 93.0 cm³/mol. The molecule has 1 atom stereocenters. The fourth-order valence-corrected chi connectivity index (χ4v) is 3.98. The van der Waals surface area contributed by atoms with E-state index in [4.69, 9.17) is 0 Å². The van der Waals surface area contributed by atoms with Crippen molar-refractivity contribution in [2.24, 2.45) is 17.8 Å². The van der Waals surface area contributed by atoms with Crippen LogP contribution in [0.25, 0.3) is 0 Å². The average Bonchev–Trinajstić information content (AvgIpc) is 2.58. The number of hydrogen-bond donors (Lipinski definition) is 1. The Morgan fingerprint density at radius 2 is 1.74 bits per heavy atom. The number of hydrogen-bond acceptors (Lipinski definition) is 2. The van der Waals surface area contributed by atoms with Crippen molar-refractivity contribution in [3.63, 3.8) is 0 Å². The van der Waals surface area contributed by atoms with Crippen LogP contribution < -0.4 is 5.32 Å². The fourth-order valence-electron chi connectivity index (χ4n) is 3.98. The molecule has 1 heterocycles. The maximum absolute atomic E-state index is 12.6. The topological polar surface area (TPSA) is 49.4 Å². The second-order valence-corrected chi connectivity index (χ2v) is 7.58. The standard InChI is InChI=1S/C19H34N2O2/c1-3-4-5-12-20-18(22)16-8-10-17(11-9-16)19(23)21-13-6-7-15(2)14-21/h15-17H,3-14H2,1-2H3,(H,20,22). The van der Waals surface area contributed by atoms with Gasteiger partial charge in [-0.1, -0.05) is 26.7 Å².